The molecule has 1 saturated carbocycles. The standard InChI is InChI=1S/C23H37N3O4S/c1-4-26(5-2)31(28,29)20-12-13-22(25-14-16-30-17-15-25)21(18-20)23(27)24(3)19-10-8-6-7-9-11-19/h12-13,18-19H,4-11,14-17H2,1-3H3. The summed E-state index contributed by atoms with van der Waals surface area (Å²) in [4.78, 5) is 17.8. The molecule has 0 N–H and O–H groups in total. The summed E-state index contributed by atoms with van der Waals surface area (Å²) in [6.45, 7) is 7.04. The molecule has 1 aliphatic carbocycles. The van der Waals surface area contributed by atoms with Gasteiger partial charge < -0.3 is 14.5 Å². The van der Waals surface area contributed by atoms with E-state index in [1.54, 1.807) is 18.2 Å². The fourth-order valence-electron chi connectivity index (χ4n) is 4.64. The van der Waals surface area contributed by atoms with Crippen molar-refractivity contribution in [3.63, 3.8) is 0 Å². The summed E-state index contributed by atoms with van der Waals surface area (Å²) in [5.74, 6) is -0.0926. The zero-order chi connectivity index (χ0) is 22.4. The number of carbonyl (C=O) groups excluding carboxylic acids is 1. The fourth-order valence-corrected chi connectivity index (χ4v) is 6.13. The van der Waals surface area contributed by atoms with Crippen LogP contribution in [0.15, 0.2) is 23.1 Å². The first-order valence-corrected chi connectivity index (χ1v) is 13.1. The molecule has 0 spiro atoms. The summed E-state index contributed by atoms with van der Waals surface area (Å²) in [5, 5.41) is 0. The van der Waals surface area contributed by atoms with E-state index in [0.717, 1.165) is 31.4 Å². The van der Waals surface area contributed by atoms with E-state index in [1.165, 1.54) is 17.1 Å². The van der Waals surface area contributed by atoms with E-state index >= 15 is 0 Å². The minimum atomic E-state index is -3.64. The second-order valence-corrected chi connectivity index (χ2v) is 10.4. The molecule has 0 bridgehead atoms. The Bertz CT molecular complexity index is 840. The average molecular weight is 452 g/mol. The highest BCUT2D eigenvalue weighted by Crippen LogP contribution is 2.30. The van der Waals surface area contributed by atoms with Gasteiger partial charge >= 0.3 is 0 Å². The third kappa shape index (κ3) is 5.41. The van der Waals surface area contributed by atoms with E-state index in [4.69, 9.17) is 4.74 Å². The predicted molar refractivity (Wildman–Crippen MR) is 123 cm³/mol. The van der Waals surface area contributed by atoms with Crippen molar-refractivity contribution in [1.82, 2.24) is 9.21 Å². The van der Waals surface area contributed by atoms with Crippen LogP contribution in [0.1, 0.15) is 62.7 Å². The van der Waals surface area contributed by atoms with Crippen LogP contribution in [0.5, 0.6) is 0 Å². The van der Waals surface area contributed by atoms with Gasteiger partial charge in [-0.05, 0) is 31.0 Å². The predicted octanol–water partition coefficient (Wildman–Crippen LogP) is 3.35. The SMILES string of the molecule is CCN(CC)S(=O)(=O)c1ccc(N2CCOCC2)c(C(=O)N(C)C2CCCCCC2)c1. The number of anilines is 1. The third-order valence-electron chi connectivity index (χ3n) is 6.59. The maximum atomic E-state index is 13.7. The van der Waals surface area contributed by atoms with Crippen molar-refractivity contribution in [3.05, 3.63) is 23.8 Å². The lowest BCUT2D eigenvalue weighted by atomic mass is 10.0. The number of rotatable bonds is 7. The Morgan fingerprint density at radius 1 is 1.06 bits per heavy atom. The van der Waals surface area contributed by atoms with Gasteiger partial charge in [-0.1, -0.05) is 39.5 Å². The zero-order valence-electron chi connectivity index (χ0n) is 19.2. The van der Waals surface area contributed by atoms with Crippen molar-refractivity contribution in [1.29, 1.82) is 0 Å². The molecule has 7 nitrogen and oxygen atoms in total. The Kier molecular flexibility index (Phi) is 8.36. The monoisotopic (exact) mass is 451 g/mol. The van der Waals surface area contributed by atoms with Crippen molar-refractivity contribution in [2.45, 2.75) is 63.3 Å². The molecule has 31 heavy (non-hydrogen) atoms. The molecule has 3 rings (SSSR count). The first kappa shape index (κ1) is 24.0. The zero-order valence-corrected chi connectivity index (χ0v) is 20.0. The molecule has 0 radical (unpaired) electrons. The van der Waals surface area contributed by atoms with Crippen molar-refractivity contribution in [2.24, 2.45) is 0 Å². The molecule has 1 amide bonds. The molecule has 0 unspecified atom stereocenters. The van der Waals surface area contributed by atoms with E-state index in [-0.39, 0.29) is 16.8 Å². The average Bonchev–Trinajstić information content (AvgIpc) is 3.08. The molecule has 0 aromatic heterocycles. The van der Waals surface area contributed by atoms with Gasteiger partial charge in [-0.3, -0.25) is 4.79 Å². The summed E-state index contributed by atoms with van der Waals surface area (Å²) in [5.41, 5.74) is 1.27. The number of sulfonamides is 1. The minimum absolute atomic E-state index is 0.0926. The van der Waals surface area contributed by atoms with Crippen molar-refractivity contribution < 1.29 is 17.9 Å². The van der Waals surface area contributed by atoms with Gasteiger partial charge in [-0.2, -0.15) is 4.31 Å². The quantitative estimate of drug-likeness (QED) is 0.595. The van der Waals surface area contributed by atoms with Gasteiger partial charge in [0.05, 0.1) is 23.7 Å². The maximum Gasteiger partial charge on any atom is 0.255 e. The summed E-state index contributed by atoms with van der Waals surface area (Å²) in [6, 6.07) is 5.24. The summed E-state index contributed by atoms with van der Waals surface area (Å²) < 4.78 is 33.2. The number of amides is 1. The lowest BCUT2D eigenvalue weighted by Crippen LogP contribution is -2.40. The molecule has 1 saturated heterocycles. The lowest BCUT2D eigenvalue weighted by molar-refractivity contribution is 0.0717. The Morgan fingerprint density at radius 3 is 2.26 bits per heavy atom. The second kappa shape index (κ2) is 10.8. The van der Waals surface area contributed by atoms with Crippen LogP contribution in [0.2, 0.25) is 0 Å². The second-order valence-electron chi connectivity index (χ2n) is 8.43. The van der Waals surface area contributed by atoms with Crippen LogP contribution in [0.4, 0.5) is 5.69 Å². The Balaban J connectivity index is 2.00. The number of hydrogen-bond donors (Lipinski definition) is 0. The van der Waals surface area contributed by atoms with Gasteiger partial charge in [0.2, 0.25) is 10.0 Å². The smallest absolute Gasteiger partial charge is 0.255 e. The topological polar surface area (TPSA) is 70.2 Å². The van der Waals surface area contributed by atoms with Gasteiger partial charge in [-0.25, -0.2) is 8.42 Å². The van der Waals surface area contributed by atoms with Crippen LogP contribution >= 0.6 is 0 Å². The number of morpholine rings is 1. The number of hydrogen-bond acceptors (Lipinski definition) is 5. The first-order valence-electron chi connectivity index (χ1n) is 11.6. The van der Waals surface area contributed by atoms with E-state index in [2.05, 4.69) is 4.90 Å². The minimum Gasteiger partial charge on any atom is -0.378 e. The van der Waals surface area contributed by atoms with Gasteiger partial charge in [0.15, 0.2) is 0 Å². The Hall–Kier alpha value is -1.64. The molecule has 1 heterocycles. The molecular formula is C23H37N3O4S. The van der Waals surface area contributed by atoms with Crippen LogP contribution in [0, 0.1) is 0 Å². The maximum absolute atomic E-state index is 13.7. The molecule has 174 valence electrons. The van der Waals surface area contributed by atoms with Crippen molar-refractivity contribution in [2.75, 3.05) is 51.3 Å². The molecule has 8 heteroatoms. The van der Waals surface area contributed by atoms with E-state index < -0.39 is 10.0 Å². The van der Waals surface area contributed by atoms with Gasteiger partial charge in [-0.15, -0.1) is 0 Å². The first-order chi connectivity index (χ1) is 14.9. The molecule has 1 aromatic rings. The van der Waals surface area contributed by atoms with E-state index in [0.29, 0.717) is 45.0 Å². The van der Waals surface area contributed by atoms with Crippen LogP contribution in [0.3, 0.4) is 0 Å². The molecule has 1 aliphatic heterocycles. The van der Waals surface area contributed by atoms with Crippen LogP contribution < -0.4 is 4.90 Å². The van der Waals surface area contributed by atoms with Crippen molar-refractivity contribution in [3.8, 4) is 0 Å². The molecule has 0 atom stereocenters. The fraction of sp³-hybridized carbons (Fsp3) is 0.696. The van der Waals surface area contributed by atoms with Gasteiger partial charge in [0.1, 0.15) is 0 Å². The Labute approximate surface area is 187 Å². The van der Waals surface area contributed by atoms with Gasteiger partial charge in [0.25, 0.3) is 5.91 Å². The van der Waals surface area contributed by atoms with E-state index in [9.17, 15) is 13.2 Å². The number of ether oxygens (including phenoxy) is 1. The van der Waals surface area contributed by atoms with Crippen LogP contribution in [-0.2, 0) is 14.8 Å². The number of benzene rings is 1. The van der Waals surface area contributed by atoms with Crippen LogP contribution in [0.25, 0.3) is 0 Å². The summed E-state index contributed by atoms with van der Waals surface area (Å²) in [7, 11) is -1.77. The highest BCUT2D eigenvalue weighted by atomic mass is 32.2. The number of carbonyl (C=O) groups is 1. The van der Waals surface area contributed by atoms with E-state index in [1.807, 2.05) is 25.8 Å². The number of nitrogens with zero attached hydrogens (tertiary/aromatic N) is 3. The lowest BCUT2D eigenvalue weighted by Gasteiger charge is -2.33. The highest BCUT2D eigenvalue weighted by Gasteiger charge is 2.29. The van der Waals surface area contributed by atoms with Gasteiger partial charge in [0, 0.05) is 45.0 Å². The summed E-state index contributed by atoms with van der Waals surface area (Å²) >= 11 is 0. The van der Waals surface area contributed by atoms with Crippen LogP contribution in [-0.4, -0.2) is 76.0 Å². The molecule has 2 aliphatic rings. The van der Waals surface area contributed by atoms with Crippen molar-refractivity contribution >= 4 is 21.6 Å². The highest BCUT2D eigenvalue weighted by molar-refractivity contribution is 7.89. The Morgan fingerprint density at radius 2 is 1.68 bits per heavy atom. The summed E-state index contributed by atoms with van der Waals surface area (Å²) in [6.07, 6.45) is 6.72. The molecular weight excluding hydrogens is 414 g/mol. The molecule has 2 fully saturated rings. The molecule has 1 aromatic carbocycles. The third-order valence-corrected chi connectivity index (χ3v) is 8.63. The normalized spacial score (nSPS) is 18.8. The largest absolute Gasteiger partial charge is 0.378 e.